The molecular formula is C57H97Br4N3O22. The van der Waals surface area contributed by atoms with Crippen LogP contribution >= 0.6 is 63.7 Å². The molecule has 0 fully saturated rings. The fourth-order valence-electron chi connectivity index (χ4n) is 6.11. The van der Waals surface area contributed by atoms with Gasteiger partial charge in [-0.15, -0.1) is 0 Å². The Balaban J connectivity index is 7.72. The average molecular weight is 1500 g/mol. The third-order valence-electron chi connectivity index (χ3n) is 12.2. The average Bonchev–Trinajstić information content (AvgIpc) is 3.43. The number of esters is 6. The lowest BCUT2D eigenvalue weighted by Crippen LogP contribution is -2.59. The largest absolute Gasteiger partial charge is 0.464 e. The number of amides is 3. The Morgan fingerprint density at radius 3 is 0.791 bits per heavy atom. The van der Waals surface area contributed by atoms with Crippen molar-refractivity contribution >= 4 is 117 Å². The van der Waals surface area contributed by atoms with Gasteiger partial charge in [-0.25, -0.2) is 0 Å². The van der Waals surface area contributed by atoms with E-state index in [0.29, 0.717) is 0 Å². The number of alkyl halides is 4. The van der Waals surface area contributed by atoms with Gasteiger partial charge >= 0.3 is 35.8 Å². The third-order valence-corrected chi connectivity index (χ3v) is 13.5. The number of ether oxygens (including phenoxy) is 11. The van der Waals surface area contributed by atoms with Crippen molar-refractivity contribution in [2.24, 2.45) is 32.5 Å². The highest BCUT2D eigenvalue weighted by Gasteiger charge is 2.46. The van der Waals surface area contributed by atoms with Crippen molar-refractivity contribution in [2.45, 2.75) is 141 Å². The number of carbonyl (C=O) groups is 9. The van der Waals surface area contributed by atoms with Crippen molar-refractivity contribution < 1.29 is 105 Å². The first-order valence-electron chi connectivity index (χ1n) is 27.9. The summed E-state index contributed by atoms with van der Waals surface area (Å²) in [6.45, 7) is 21.4. The topological polar surface area (TPSA) is 332 Å². The molecule has 0 saturated carbocycles. The summed E-state index contributed by atoms with van der Waals surface area (Å²) in [4.78, 5) is 123. The highest BCUT2D eigenvalue weighted by Crippen LogP contribution is 2.30. The van der Waals surface area contributed by atoms with E-state index in [1.54, 1.807) is 41.5 Å². The van der Waals surface area contributed by atoms with Crippen molar-refractivity contribution in [2.75, 3.05) is 132 Å². The summed E-state index contributed by atoms with van der Waals surface area (Å²) in [5.74, 6) is -6.80. The standard InChI is InChI=1S/C57H97Br4N3O22/c1-48(2,3)42(70)81-31-54(15,32-82-43(71)49(4,5)6)39(67)62-28-57(37-80-25-23-78-21-19-76-18-20-77-22-24-79-27-38(66)26-65,29-63-40(68)55(16,33-83-44(72)50(7,8)58)34-84-45(73)51(9,10)59)30-64-41(69)56(17,35-85-46(74)52(11,12)60)36-86-47(75)53(13,14)61/h38,65-66H,18-37H2,1-17H3,(H,62,67)(H,63,68)(H,64,69). The number of nitrogens with one attached hydrogen (secondary N) is 3. The van der Waals surface area contributed by atoms with Crippen LogP contribution in [0.1, 0.15) is 118 Å². The van der Waals surface area contributed by atoms with E-state index >= 15 is 0 Å². The first kappa shape index (κ1) is 82.9. The maximum atomic E-state index is 14.8. The smallest absolute Gasteiger partial charge is 0.322 e. The molecule has 0 bridgehead atoms. The van der Waals surface area contributed by atoms with E-state index in [2.05, 4.69) is 79.7 Å². The third kappa shape index (κ3) is 32.6. The number of aliphatic hydroxyl groups is 2. The summed E-state index contributed by atoms with van der Waals surface area (Å²) < 4.78 is 57.2. The second kappa shape index (κ2) is 36.6. The summed E-state index contributed by atoms with van der Waals surface area (Å²) in [6, 6.07) is 0. The quantitative estimate of drug-likeness (QED) is 0.0237. The molecule has 0 aromatic rings. The Morgan fingerprint density at radius 2 is 0.570 bits per heavy atom. The van der Waals surface area contributed by atoms with Crippen LogP contribution in [0.4, 0.5) is 0 Å². The first-order chi connectivity index (χ1) is 39.1. The second-order valence-corrected chi connectivity index (χ2v) is 33.8. The molecular weight excluding hydrogens is 1400 g/mol. The maximum Gasteiger partial charge on any atom is 0.322 e. The Labute approximate surface area is 541 Å². The van der Waals surface area contributed by atoms with Crippen LogP contribution in [0.2, 0.25) is 0 Å². The normalized spacial score (nSPS) is 13.4. The summed E-state index contributed by atoms with van der Waals surface area (Å²) in [6.07, 6.45) is -0.978. The Hall–Kier alpha value is -3.13. The van der Waals surface area contributed by atoms with Crippen molar-refractivity contribution in [1.82, 2.24) is 16.0 Å². The molecule has 0 aliphatic carbocycles. The van der Waals surface area contributed by atoms with E-state index in [9.17, 15) is 48.3 Å². The molecule has 29 heteroatoms. The molecule has 1 unspecified atom stereocenters. The molecule has 0 aromatic heterocycles. The molecule has 0 aliphatic heterocycles. The highest BCUT2D eigenvalue weighted by atomic mass is 79.9. The van der Waals surface area contributed by atoms with E-state index in [-0.39, 0.29) is 59.5 Å². The molecule has 500 valence electrons. The molecule has 0 aliphatic rings. The molecule has 1 atom stereocenters. The van der Waals surface area contributed by atoms with Crippen molar-refractivity contribution in [3.05, 3.63) is 0 Å². The van der Waals surface area contributed by atoms with Gasteiger partial charge in [0, 0.05) is 25.0 Å². The molecule has 0 radical (unpaired) electrons. The molecule has 25 nitrogen and oxygen atoms in total. The number of rotatable bonds is 42. The van der Waals surface area contributed by atoms with Gasteiger partial charge in [-0.1, -0.05) is 63.7 Å². The van der Waals surface area contributed by atoms with Gasteiger partial charge in [0.05, 0.1) is 83.5 Å². The minimum Gasteiger partial charge on any atom is -0.464 e. The van der Waals surface area contributed by atoms with E-state index in [1.165, 1.54) is 76.2 Å². The lowest BCUT2D eigenvalue weighted by Gasteiger charge is -2.38. The van der Waals surface area contributed by atoms with E-state index in [4.69, 9.17) is 57.2 Å². The van der Waals surface area contributed by atoms with Gasteiger partial charge in [-0.05, 0) is 118 Å². The fourth-order valence-corrected chi connectivity index (χ4v) is 6.57. The van der Waals surface area contributed by atoms with Gasteiger partial charge in [0.25, 0.3) is 0 Å². The summed E-state index contributed by atoms with van der Waals surface area (Å²) >= 11 is 13.1. The summed E-state index contributed by atoms with van der Waals surface area (Å²) in [5.41, 5.74) is -8.99. The van der Waals surface area contributed by atoms with Crippen LogP contribution in [0.25, 0.3) is 0 Å². The van der Waals surface area contributed by atoms with Crippen LogP contribution in [0.15, 0.2) is 0 Å². The van der Waals surface area contributed by atoms with Gasteiger partial charge in [0.15, 0.2) is 0 Å². The zero-order chi connectivity index (χ0) is 66.8. The van der Waals surface area contributed by atoms with E-state index in [0.717, 1.165) is 0 Å². The number of hydrogen-bond acceptors (Lipinski definition) is 22. The van der Waals surface area contributed by atoms with Crippen molar-refractivity contribution in [1.29, 1.82) is 0 Å². The van der Waals surface area contributed by atoms with Crippen molar-refractivity contribution in [3.8, 4) is 0 Å². The number of carbonyl (C=O) groups excluding carboxylic acids is 9. The van der Waals surface area contributed by atoms with Gasteiger partial charge < -0.3 is 78.3 Å². The van der Waals surface area contributed by atoms with Crippen LogP contribution in [-0.4, -0.2) is 219 Å². The second-order valence-electron chi connectivity index (χ2n) is 25.9. The van der Waals surface area contributed by atoms with E-state index in [1.807, 2.05) is 0 Å². The Bertz CT molecular complexity index is 1900. The number of aliphatic hydroxyl groups excluding tert-OH is 2. The van der Waals surface area contributed by atoms with Crippen LogP contribution in [0.3, 0.4) is 0 Å². The zero-order valence-corrected chi connectivity index (χ0v) is 59.6. The summed E-state index contributed by atoms with van der Waals surface area (Å²) in [5, 5.41) is 26.8. The van der Waals surface area contributed by atoms with Crippen molar-refractivity contribution in [3.63, 3.8) is 0 Å². The molecule has 0 saturated heterocycles. The molecule has 0 aromatic carbocycles. The summed E-state index contributed by atoms with van der Waals surface area (Å²) in [7, 11) is 0. The number of halogens is 4. The SMILES string of the molecule is CC(C)(C)C(=O)OCC(C)(COC(=O)C(C)(C)C)C(=O)NCC(CNC(=O)C(C)(COC(=O)C(C)(C)Br)COC(=O)C(C)(C)Br)(CNC(=O)C(C)(COC(=O)C(C)(C)Br)COC(=O)C(C)(C)Br)COCCOCCOCCOCCOCC(O)CO. The monoisotopic (exact) mass is 1490 g/mol. The molecule has 86 heavy (non-hydrogen) atoms. The van der Waals surface area contributed by atoms with E-state index < -0.39 is 182 Å². The first-order valence-corrected chi connectivity index (χ1v) is 31.1. The van der Waals surface area contributed by atoms with Gasteiger partial charge in [-0.3, -0.25) is 43.2 Å². The van der Waals surface area contributed by atoms with Gasteiger partial charge in [-0.2, -0.15) is 0 Å². The lowest BCUT2D eigenvalue weighted by atomic mass is 9.84. The predicted molar refractivity (Wildman–Crippen MR) is 330 cm³/mol. The van der Waals surface area contributed by atoms with Crippen LogP contribution in [0, 0.1) is 32.5 Å². The van der Waals surface area contributed by atoms with Gasteiger partial charge in [0.1, 0.15) is 79.3 Å². The Kier molecular flexibility index (Phi) is 35.3. The molecule has 3 amide bonds. The van der Waals surface area contributed by atoms with Crippen LogP contribution in [0.5, 0.6) is 0 Å². The Morgan fingerprint density at radius 1 is 0.349 bits per heavy atom. The minimum absolute atomic E-state index is 0.0142. The molecule has 0 spiro atoms. The zero-order valence-electron chi connectivity index (χ0n) is 53.3. The molecule has 5 N–H and O–H groups in total. The molecule has 0 rings (SSSR count). The fraction of sp³-hybridized carbons (Fsp3) is 0.842. The highest BCUT2D eigenvalue weighted by molar-refractivity contribution is 9.10. The predicted octanol–water partition coefficient (Wildman–Crippen LogP) is 4.82. The minimum atomic E-state index is -1.80. The van der Waals surface area contributed by atoms with Crippen LogP contribution < -0.4 is 16.0 Å². The number of hydrogen-bond donors (Lipinski definition) is 5. The van der Waals surface area contributed by atoms with Gasteiger partial charge in [0.2, 0.25) is 17.7 Å². The molecule has 0 heterocycles. The van der Waals surface area contributed by atoms with Crippen LogP contribution in [-0.2, 0) is 95.3 Å². The lowest BCUT2D eigenvalue weighted by molar-refractivity contribution is -0.167. The maximum absolute atomic E-state index is 14.8.